The van der Waals surface area contributed by atoms with Crippen LogP contribution in [0.15, 0.2) is 12.2 Å². The van der Waals surface area contributed by atoms with Crippen LogP contribution in [0.1, 0.15) is 39.5 Å². The first-order valence-corrected chi connectivity index (χ1v) is 3.86. The Hall–Kier alpha value is -0.260. The first-order valence-electron chi connectivity index (χ1n) is 3.86. The summed E-state index contributed by atoms with van der Waals surface area (Å²) >= 11 is 0. The lowest BCUT2D eigenvalue weighted by molar-refractivity contribution is 0.338. The zero-order chi connectivity index (χ0) is 6.74. The summed E-state index contributed by atoms with van der Waals surface area (Å²) < 4.78 is 0. The highest BCUT2D eigenvalue weighted by molar-refractivity contribution is 4.90. The average molecular weight is 124 g/mol. The summed E-state index contributed by atoms with van der Waals surface area (Å²) in [7, 11) is 0. The fraction of sp³-hybridized carbons (Fsp3) is 0.778. The molecule has 0 heterocycles. The maximum absolute atomic E-state index is 2.35. The highest BCUT2D eigenvalue weighted by Crippen LogP contribution is 2.30. The summed E-state index contributed by atoms with van der Waals surface area (Å²) in [6, 6.07) is 0. The summed E-state index contributed by atoms with van der Waals surface area (Å²) in [6.45, 7) is 4.70. The summed E-state index contributed by atoms with van der Waals surface area (Å²) in [5.41, 5.74) is 0.576. The molecule has 0 saturated carbocycles. The molecule has 0 radical (unpaired) electrons. The molecule has 1 rings (SSSR count). The van der Waals surface area contributed by atoms with Gasteiger partial charge in [0.2, 0.25) is 0 Å². The Morgan fingerprint density at radius 3 is 2.78 bits per heavy atom. The molecule has 1 aliphatic carbocycles. The van der Waals surface area contributed by atoms with Crippen LogP contribution in [0.3, 0.4) is 0 Å². The van der Waals surface area contributed by atoms with Crippen LogP contribution < -0.4 is 0 Å². The molecule has 1 aliphatic rings. The van der Waals surface area contributed by atoms with Crippen LogP contribution in [0.4, 0.5) is 0 Å². The first-order chi connectivity index (χ1) is 4.21. The van der Waals surface area contributed by atoms with E-state index >= 15 is 0 Å². The monoisotopic (exact) mass is 124 g/mol. The number of hydrogen-bond donors (Lipinski definition) is 0. The maximum atomic E-state index is 2.35. The van der Waals surface area contributed by atoms with Crippen LogP contribution in [-0.4, -0.2) is 0 Å². The molecule has 0 aromatic carbocycles. The Balaban J connectivity index is 2.48. The molecule has 0 heteroatoms. The zero-order valence-corrected chi connectivity index (χ0v) is 6.48. The molecule has 0 aliphatic heterocycles. The van der Waals surface area contributed by atoms with E-state index in [0.29, 0.717) is 5.41 Å². The van der Waals surface area contributed by atoms with Crippen molar-refractivity contribution in [2.24, 2.45) is 5.41 Å². The van der Waals surface area contributed by atoms with Crippen molar-refractivity contribution < 1.29 is 0 Å². The lowest BCUT2D eigenvalue weighted by atomic mass is 9.86. The smallest absolute Gasteiger partial charge is 0.0299 e. The van der Waals surface area contributed by atoms with E-state index in [9.17, 15) is 0 Å². The van der Waals surface area contributed by atoms with Crippen LogP contribution in [0, 0.1) is 5.41 Å². The molecule has 0 nitrogen and oxygen atoms in total. The van der Waals surface area contributed by atoms with Crippen LogP contribution in [0.25, 0.3) is 0 Å². The highest BCUT2D eigenvalue weighted by Gasteiger charge is 2.16. The predicted octanol–water partition coefficient (Wildman–Crippen LogP) is 3.14. The van der Waals surface area contributed by atoms with Crippen molar-refractivity contribution in [1.82, 2.24) is 0 Å². The summed E-state index contributed by atoms with van der Waals surface area (Å²) in [6.07, 6.45) is 9.97. The van der Waals surface area contributed by atoms with Gasteiger partial charge in [0.1, 0.15) is 0 Å². The van der Waals surface area contributed by atoms with Gasteiger partial charge < -0.3 is 0 Å². The van der Waals surface area contributed by atoms with Gasteiger partial charge in [-0.1, -0.05) is 26.0 Å². The second-order valence-corrected chi connectivity index (χ2v) is 3.73. The van der Waals surface area contributed by atoms with E-state index < -0.39 is 0 Å². The van der Waals surface area contributed by atoms with E-state index in [1.54, 1.807) is 0 Å². The minimum atomic E-state index is 0.576. The molecule has 0 aromatic heterocycles. The molecule has 0 spiro atoms. The van der Waals surface area contributed by atoms with Crippen molar-refractivity contribution in [2.45, 2.75) is 39.5 Å². The van der Waals surface area contributed by atoms with E-state index in [4.69, 9.17) is 0 Å². The lowest BCUT2D eigenvalue weighted by Gasteiger charge is -2.20. The van der Waals surface area contributed by atoms with Gasteiger partial charge in [-0.15, -0.1) is 0 Å². The minimum absolute atomic E-state index is 0.576. The number of allylic oxidation sites excluding steroid dienone is 2. The van der Waals surface area contributed by atoms with Crippen molar-refractivity contribution >= 4 is 0 Å². The Bertz CT molecular complexity index is 109. The third-order valence-corrected chi connectivity index (χ3v) is 2.06. The van der Waals surface area contributed by atoms with Gasteiger partial charge in [0.05, 0.1) is 0 Å². The van der Waals surface area contributed by atoms with Gasteiger partial charge >= 0.3 is 0 Å². The van der Waals surface area contributed by atoms with E-state index in [0.717, 1.165) is 0 Å². The number of rotatable bonds is 0. The van der Waals surface area contributed by atoms with Gasteiger partial charge in [0.25, 0.3) is 0 Å². The fourth-order valence-electron chi connectivity index (χ4n) is 1.32. The Morgan fingerprint density at radius 1 is 1.22 bits per heavy atom. The molecule has 0 aromatic rings. The Morgan fingerprint density at radius 2 is 2.00 bits per heavy atom. The molecular weight excluding hydrogens is 108 g/mol. The molecule has 52 valence electrons. The third kappa shape index (κ3) is 2.21. The van der Waals surface area contributed by atoms with Crippen molar-refractivity contribution in [3.8, 4) is 0 Å². The lowest BCUT2D eigenvalue weighted by Crippen LogP contribution is -2.07. The second kappa shape index (κ2) is 2.55. The second-order valence-electron chi connectivity index (χ2n) is 3.73. The summed E-state index contributed by atoms with van der Waals surface area (Å²) in [4.78, 5) is 0. The van der Waals surface area contributed by atoms with Crippen molar-refractivity contribution in [3.05, 3.63) is 12.2 Å². The SMILES string of the molecule is CC1(C)CC=CCCC1. The third-order valence-electron chi connectivity index (χ3n) is 2.06. The van der Waals surface area contributed by atoms with Gasteiger partial charge in [0.15, 0.2) is 0 Å². The molecule has 0 fully saturated rings. The van der Waals surface area contributed by atoms with E-state index in [1.165, 1.54) is 25.7 Å². The van der Waals surface area contributed by atoms with E-state index in [-0.39, 0.29) is 0 Å². The molecule has 9 heavy (non-hydrogen) atoms. The van der Waals surface area contributed by atoms with Gasteiger partial charge in [0, 0.05) is 0 Å². The van der Waals surface area contributed by atoms with Gasteiger partial charge in [-0.2, -0.15) is 0 Å². The fourth-order valence-corrected chi connectivity index (χ4v) is 1.32. The molecule has 0 bridgehead atoms. The average Bonchev–Trinajstić information content (AvgIpc) is 1.92. The van der Waals surface area contributed by atoms with Gasteiger partial charge in [-0.05, 0) is 31.1 Å². The molecule has 0 N–H and O–H groups in total. The largest absolute Gasteiger partial charge is 0.0885 e. The summed E-state index contributed by atoms with van der Waals surface area (Å²) in [5.74, 6) is 0. The highest BCUT2D eigenvalue weighted by atomic mass is 14.2. The van der Waals surface area contributed by atoms with Crippen molar-refractivity contribution in [3.63, 3.8) is 0 Å². The maximum Gasteiger partial charge on any atom is -0.0299 e. The Kier molecular flexibility index (Phi) is 1.94. The number of hydrogen-bond acceptors (Lipinski definition) is 0. The van der Waals surface area contributed by atoms with Crippen LogP contribution in [0.5, 0.6) is 0 Å². The Labute approximate surface area is 58.0 Å². The molecule has 0 unspecified atom stereocenters. The standard InChI is InChI=1S/C9H16/c1-9(2)7-5-3-4-6-8-9/h3,5H,4,6-8H2,1-2H3. The molecule has 0 saturated heterocycles. The van der Waals surface area contributed by atoms with Crippen LogP contribution in [-0.2, 0) is 0 Å². The van der Waals surface area contributed by atoms with Gasteiger partial charge in [-0.25, -0.2) is 0 Å². The van der Waals surface area contributed by atoms with Crippen LogP contribution >= 0.6 is 0 Å². The molecule has 0 amide bonds. The minimum Gasteiger partial charge on any atom is -0.0885 e. The van der Waals surface area contributed by atoms with Crippen LogP contribution in [0.2, 0.25) is 0 Å². The van der Waals surface area contributed by atoms with E-state index in [1.807, 2.05) is 0 Å². The molecule has 0 atom stereocenters. The predicted molar refractivity (Wildman–Crippen MR) is 41.4 cm³/mol. The van der Waals surface area contributed by atoms with E-state index in [2.05, 4.69) is 26.0 Å². The van der Waals surface area contributed by atoms with Crippen molar-refractivity contribution in [2.75, 3.05) is 0 Å². The van der Waals surface area contributed by atoms with Crippen molar-refractivity contribution in [1.29, 1.82) is 0 Å². The quantitative estimate of drug-likeness (QED) is 0.435. The zero-order valence-electron chi connectivity index (χ0n) is 6.48. The topological polar surface area (TPSA) is 0 Å². The molecular formula is C9H16. The normalized spacial score (nSPS) is 25.6. The summed E-state index contributed by atoms with van der Waals surface area (Å²) in [5, 5.41) is 0. The van der Waals surface area contributed by atoms with Gasteiger partial charge in [-0.3, -0.25) is 0 Å². The first kappa shape index (κ1) is 6.85.